The van der Waals surface area contributed by atoms with Gasteiger partial charge >= 0.3 is 18.9 Å². The first kappa shape index (κ1) is 25.0. The second-order valence-electron chi connectivity index (χ2n) is 6.33. The van der Waals surface area contributed by atoms with Gasteiger partial charge in [0, 0.05) is 5.75 Å². The van der Waals surface area contributed by atoms with E-state index in [2.05, 4.69) is 6.92 Å². The van der Waals surface area contributed by atoms with Crippen molar-refractivity contribution in [3.8, 4) is 0 Å². The van der Waals surface area contributed by atoms with Gasteiger partial charge in [-0.3, -0.25) is 0 Å². The molecule has 0 spiro atoms. The van der Waals surface area contributed by atoms with Gasteiger partial charge in [0.25, 0.3) is 0 Å². The van der Waals surface area contributed by atoms with Gasteiger partial charge in [0.05, 0.1) is 0 Å². The summed E-state index contributed by atoms with van der Waals surface area (Å²) in [6.45, 7) is 2.28. The topological polar surface area (TPSA) is 37.3 Å². The fraction of sp³-hybridized carbons (Fsp3) is 1.00. The van der Waals surface area contributed by atoms with Crippen LogP contribution in [0.2, 0.25) is 0 Å². The molecule has 0 amide bonds. The molecule has 22 heavy (non-hydrogen) atoms. The predicted molar refractivity (Wildman–Crippen MR) is 96.3 cm³/mol. The summed E-state index contributed by atoms with van der Waals surface area (Å²) in [6, 6.07) is 0. The van der Waals surface area contributed by atoms with Gasteiger partial charge in [-0.25, -0.2) is 4.21 Å². The van der Waals surface area contributed by atoms with Crippen LogP contribution in [0.4, 0.5) is 0 Å². The van der Waals surface area contributed by atoms with Gasteiger partial charge in [-0.1, -0.05) is 103 Å². The molecule has 0 aromatic heterocycles. The van der Waals surface area contributed by atoms with E-state index >= 15 is 0 Å². The third-order valence-corrected chi connectivity index (χ3v) is 4.81. The van der Waals surface area contributed by atoms with E-state index in [1.54, 1.807) is 0 Å². The van der Waals surface area contributed by atoms with Crippen LogP contribution in [-0.4, -0.2) is 14.5 Å². The van der Waals surface area contributed by atoms with E-state index in [0.717, 1.165) is 12.8 Å². The van der Waals surface area contributed by atoms with Gasteiger partial charge < -0.3 is 5.98 Å². The zero-order valence-electron chi connectivity index (χ0n) is 16.3. The Morgan fingerprint density at radius 3 is 1.18 bits per heavy atom. The van der Waals surface area contributed by atoms with Crippen molar-refractivity contribution in [1.82, 2.24) is 0 Å². The first-order chi connectivity index (χ1) is 10.3. The summed E-state index contributed by atoms with van der Waals surface area (Å²) in [7, 11) is 0. The Morgan fingerprint density at radius 1 is 0.636 bits per heavy atom. The van der Waals surface area contributed by atoms with Crippen LogP contribution in [-0.2, 0) is 11.1 Å². The Bertz CT molecular complexity index is 231. The monoisotopic (exact) mass is 326 g/mol. The summed E-state index contributed by atoms with van der Waals surface area (Å²) in [5.74, 6) is 0.457. The van der Waals surface area contributed by atoms with Crippen molar-refractivity contribution in [3.05, 3.63) is 0 Å². The minimum absolute atomic E-state index is 0. The fourth-order valence-corrected chi connectivity index (χ4v) is 3.22. The number of unbranched alkanes of at least 4 members (excludes halogenated alkanes) is 15. The van der Waals surface area contributed by atoms with Crippen LogP contribution >= 0.6 is 0 Å². The maximum absolute atomic E-state index is 10.5. The van der Waals surface area contributed by atoms with Crippen LogP contribution in [0.15, 0.2) is 0 Å². The van der Waals surface area contributed by atoms with E-state index in [1.807, 2.05) is 0 Å². The number of rotatable bonds is 17. The summed E-state index contributed by atoms with van der Waals surface area (Å²) < 4.78 is 19.1. The maximum atomic E-state index is 10.5. The van der Waals surface area contributed by atoms with Crippen molar-refractivity contribution < 1.29 is 29.0 Å². The maximum Gasteiger partial charge on any atom is 1.00 e. The Balaban J connectivity index is -0.00000200. The average molecular weight is 327 g/mol. The summed E-state index contributed by atoms with van der Waals surface area (Å²) in [4.78, 5) is 0. The van der Waals surface area contributed by atoms with E-state index < -0.39 is 11.1 Å². The normalized spacial score (nSPS) is 12.1. The number of hydrogen-bond acceptors (Lipinski definition) is 1. The zero-order chi connectivity index (χ0) is 15.6. The molecule has 1 unspecified atom stereocenters. The second kappa shape index (κ2) is 21.7. The minimum Gasteiger partial charge on any atom is -1.00 e. The second-order valence-corrected chi connectivity index (χ2v) is 7.38. The summed E-state index contributed by atoms with van der Waals surface area (Å²) in [5.41, 5.74) is 0. The van der Waals surface area contributed by atoms with Gasteiger partial charge in [-0.15, -0.1) is 0 Å². The van der Waals surface area contributed by atoms with E-state index in [-0.39, 0.29) is 20.3 Å². The molecular weight excluding hydrogens is 287 g/mol. The molecule has 0 fully saturated rings. The molecule has 130 valence electrons. The van der Waals surface area contributed by atoms with Crippen LogP contribution < -0.4 is 18.9 Å². The van der Waals surface area contributed by atoms with Crippen LogP contribution in [0.25, 0.3) is 0 Å². The van der Waals surface area contributed by atoms with Crippen molar-refractivity contribution in [2.24, 2.45) is 0 Å². The average Bonchev–Trinajstić information content (AvgIpc) is 2.46. The molecule has 0 rings (SSSR count). The molecule has 0 aromatic carbocycles. The Hall–Kier alpha value is 0.707. The molecule has 0 bridgehead atoms. The Morgan fingerprint density at radius 2 is 0.909 bits per heavy atom. The first-order valence-corrected chi connectivity index (χ1v) is 10.6. The summed E-state index contributed by atoms with van der Waals surface area (Å²) >= 11 is -1.58. The Labute approximate surface area is 155 Å². The standard InChI is InChI=1S/C18H38O2S.Li.H/c1-2-3-4-5-6-7-8-9-10-11-12-13-14-15-16-17-18-21(19)20;;/h2-18H2,1H3,(H,19,20);;/q;+1;-1. The number of hydrogen-bond donors (Lipinski definition) is 1. The van der Waals surface area contributed by atoms with E-state index in [1.165, 1.54) is 89.9 Å². The van der Waals surface area contributed by atoms with Crippen molar-refractivity contribution in [2.75, 3.05) is 5.75 Å². The van der Waals surface area contributed by atoms with Crippen molar-refractivity contribution in [2.45, 2.75) is 110 Å². The molecule has 0 aliphatic rings. The molecule has 0 aromatic rings. The largest absolute Gasteiger partial charge is 1.00 e. The van der Waals surface area contributed by atoms with E-state index in [9.17, 15) is 4.21 Å². The molecule has 0 saturated heterocycles. The quantitative estimate of drug-likeness (QED) is 0.252. The van der Waals surface area contributed by atoms with Crippen molar-refractivity contribution >= 4 is 11.1 Å². The third-order valence-electron chi connectivity index (χ3n) is 4.17. The van der Waals surface area contributed by atoms with Crippen LogP contribution in [0.1, 0.15) is 111 Å². The molecule has 1 atom stereocenters. The Kier molecular flexibility index (Phi) is 24.6. The fourth-order valence-electron chi connectivity index (χ4n) is 2.77. The first-order valence-electron chi connectivity index (χ1n) is 9.35. The molecule has 0 aliphatic heterocycles. The van der Waals surface area contributed by atoms with Gasteiger partial charge in [0.1, 0.15) is 0 Å². The molecule has 4 heteroatoms. The SMILES string of the molecule is CCCCCCCCCCCCCCCCCCS(=O)O.[H-].[Li+]. The molecular formula is C18H39LiO2S. The van der Waals surface area contributed by atoms with Gasteiger partial charge in [-0.2, -0.15) is 0 Å². The third kappa shape index (κ3) is 23.0. The summed E-state index contributed by atoms with van der Waals surface area (Å²) in [6.07, 6.45) is 21.5. The van der Waals surface area contributed by atoms with Gasteiger partial charge in [0.15, 0.2) is 11.1 Å². The zero-order valence-corrected chi connectivity index (χ0v) is 16.1. The minimum atomic E-state index is -1.58. The molecule has 0 aliphatic carbocycles. The van der Waals surface area contributed by atoms with Crippen molar-refractivity contribution in [3.63, 3.8) is 0 Å². The molecule has 1 N–H and O–H groups in total. The van der Waals surface area contributed by atoms with Crippen LogP contribution in [0, 0.1) is 0 Å². The van der Waals surface area contributed by atoms with Crippen LogP contribution in [0.5, 0.6) is 0 Å². The van der Waals surface area contributed by atoms with E-state index in [0.29, 0.717) is 5.75 Å². The van der Waals surface area contributed by atoms with Crippen molar-refractivity contribution in [1.29, 1.82) is 0 Å². The van der Waals surface area contributed by atoms with Crippen LogP contribution in [0.3, 0.4) is 0 Å². The predicted octanol–water partition coefficient (Wildman–Crippen LogP) is 3.59. The molecule has 2 nitrogen and oxygen atoms in total. The molecule has 0 radical (unpaired) electrons. The van der Waals surface area contributed by atoms with E-state index in [4.69, 9.17) is 4.55 Å². The molecule has 0 heterocycles. The summed E-state index contributed by atoms with van der Waals surface area (Å²) in [5, 5.41) is 0. The molecule has 0 saturated carbocycles. The van der Waals surface area contributed by atoms with Gasteiger partial charge in [0.2, 0.25) is 0 Å². The smallest absolute Gasteiger partial charge is 1.00 e. The van der Waals surface area contributed by atoms with Gasteiger partial charge in [-0.05, 0) is 6.42 Å².